The Morgan fingerprint density at radius 2 is 1.91 bits per heavy atom. The number of benzene rings is 1. The van der Waals surface area contributed by atoms with Gasteiger partial charge < -0.3 is 14.5 Å². The van der Waals surface area contributed by atoms with Crippen LogP contribution < -0.4 is 0 Å². The number of hydrogen-bond donors (Lipinski definition) is 0. The molecule has 1 aliphatic heterocycles. The summed E-state index contributed by atoms with van der Waals surface area (Å²) in [6, 6.07) is 5.25. The number of piperazine rings is 1. The highest BCUT2D eigenvalue weighted by atomic mass is 19.1. The van der Waals surface area contributed by atoms with Crippen molar-refractivity contribution in [1.82, 2.24) is 19.8 Å². The average molecular weight is 457 g/mol. The number of halogens is 1. The fourth-order valence-electron chi connectivity index (χ4n) is 4.00. The standard InChI is InChI=1S/C24H29FN4O4/c1-5-8-19-20(24(32)33-6-2)21(27-16(4)26-19)23(31)28-11-12-29(15(3)14-28)22(30)17-9-7-10-18(25)13-17/h7,9-10,13,15H,5-6,8,11-12,14H2,1-4H3. The number of ether oxygens (including phenoxy) is 1. The van der Waals surface area contributed by atoms with Gasteiger partial charge in [-0.3, -0.25) is 9.59 Å². The van der Waals surface area contributed by atoms with Crippen LogP contribution >= 0.6 is 0 Å². The summed E-state index contributed by atoms with van der Waals surface area (Å²) in [5, 5.41) is 0. The number of esters is 1. The summed E-state index contributed by atoms with van der Waals surface area (Å²) in [5.41, 5.74) is 0.906. The third kappa shape index (κ3) is 5.35. The first-order valence-electron chi connectivity index (χ1n) is 11.2. The third-order valence-electron chi connectivity index (χ3n) is 5.51. The Morgan fingerprint density at radius 3 is 2.55 bits per heavy atom. The van der Waals surface area contributed by atoms with Crippen LogP contribution in [0.3, 0.4) is 0 Å². The maximum atomic E-state index is 13.6. The Hall–Kier alpha value is -3.36. The van der Waals surface area contributed by atoms with E-state index >= 15 is 0 Å². The van der Waals surface area contributed by atoms with Crippen LogP contribution in [0.5, 0.6) is 0 Å². The zero-order chi connectivity index (χ0) is 24.1. The second kappa shape index (κ2) is 10.5. The smallest absolute Gasteiger partial charge is 0.342 e. The predicted molar refractivity (Wildman–Crippen MR) is 120 cm³/mol. The molecular weight excluding hydrogens is 427 g/mol. The minimum absolute atomic E-state index is 0.0292. The molecule has 1 aliphatic rings. The Balaban J connectivity index is 1.85. The van der Waals surface area contributed by atoms with Crippen molar-refractivity contribution in [2.24, 2.45) is 0 Å². The molecule has 1 saturated heterocycles. The number of carbonyl (C=O) groups excluding carboxylic acids is 3. The Bertz CT molecular complexity index is 1060. The van der Waals surface area contributed by atoms with Gasteiger partial charge in [0.05, 0.1) is 12.3 Å². The molecule has 1 aromatic carbocycles. The van der Waals surface area contributed by atoms with E-state index in [1.807, 2.05) is 13.8 Å². The molecule has 1 fully saturated rings. The van der Waals surface area contributed by atoms with Gasteiger partial charge in [-0.2, -0.15) is 0 Å². The van der Waals surface area contributed by atoms with Crippen LogP contribution in [0, 0.1) is 12.7 Å². The van der Waals surface area contributed by atoms with Crippen molar-refractivity contribution in [1.29, 1.82) is 0 Å². The van der Waals surface area contributed by atoms with Gasteiger partial charge in [-0.15, -0.1) is 0 Å². The summed E-state index contributed by atoms with van der Waals surface area (Å²) < 4.78 is 18.7. The molecule has 176 valence electrons. The predicted octanol–water partition coefficient (Wildman–Crippen LogP) is 3.04. The molecule has 2 amide bonds. The van der Waals surface area contributed by atoms with Crippen molar-refractivity contribution >= 4 is 17.8 Å². The highest BCUT2D eigenvalue weighted by Gasteiger charge is 2.34. The van der Waals surface area contributed by atoms with Crippen LogP contribution in [-0.2, 0) is 11.2 Å². The van der Waals surface area contributed by atoms with Gasteiger partial charge in [0.2, 0.25) is 0 Å². The minimum Gasteiger partial charge on any atom is -0.462 e. The fraction of sp³-hybridized carbons (Fsp3) is 0.458. The molecule has 0 N–H and O–H groups in total. The van der Waals surface area contributed by atoms with E-state index in [1.165, 1.54) is 18.2 Å². The lowest BCUT2D eigenvalue weighted by atomic mass is 10.0. The first kappa shape index (κ1) is 24.3. The molecule has 1 atom stereocenters. The van der Waals surface area contributed by atoms with Crippen LogP contribution in [0.15, 0.2) is 24.3 Å². The van der Waals surface area contributed by atoms with Gasteiger partial charge in [0.25, 0.3) is 11.8 Å². The van der Waals surface area contributed by atoms with Crippen molar-refractivity contribution in [3.8, 4) is 0 Å². The molecule has 0 aliphatic carbocycles. The molecule has 9 heteroatoms. The van der Waals surface area contributed by atoms with E-state index in [0.717, 1.165) is 6.42 Å². The van der Waals surface area contributed by atoms with Gasteiger partial charge in [0.15, 0.2) is 0 Å². The molecular formula is C24H29FN4O4. The summed E-state index contributed by atoms with van der Waals surface area (Å²) >= 11 is 0. The highest BCUT2D eigenvalue weighted by Crippen LogP contribution is 2.21. The second-order valence-electron chi connectivity index (χ2n) is 8.02. The van der Waals surface area contributed by atoms with Crippen molar-refractivity contribution < 1.29 is 23.5 Å². The molecule has 2 heterocycles. The van der Waals surface area contributed by atoms with E-state index in [9.17, 15) is 18.8 Å². The molecule has 0 bridgehead atoms. The monoisotopic (exact) mass is 456 g/mol. The van der Waals surface area contributed by atoms with E-state index in [1.54, 1.807) is 29.7 Å². The van der Waals surface area contributed by atoms with Crippen molar-refractivity contribution in [2.75, 3.05) is 26.2 Å². The zero-order valence-corrected chi connectivity index (χ0v) is 19.4. The van der Waals surface area contributed by atoms with Crippen LogP contribution in [0.1, 0.15) is 69.9 Å². The van der Waals surface area contributed by atoms with Gasteiger partial charge >= 0.3 is 5.97 Å². The first-order valence-corrected chi connectivity index (χ1v) is 11.2. The zero-order valence-electron chi connectivity index (χ0n) is 19.4. The maximum absolute atomic E-state index is 13.6. The van der Waals surface area contributed by atoms with Crippen LogP contribution in [0.2, 0.25) is 0 Å². The van der Waals surface area contributed by atoms with Crippen LogP contribution in [0.4, 0.5) is 4.39 Å². The largest absolute Gasteiger partial charge is 0.462 e. The molecule has 0 spiro atoms. The van der Waals surface area contributed by atoms with E-state index in [2.05, 4.69) is 9.97 Å². The lowest BCUT2D eigenvalue weighted by molar-refractivity contribution is 0.0405. The quantitative estimate of drug-likeness (QED) is 0.621. The van der Waals surface area contributed by atoms with Crippen molar-refractivity contribution in [3.63, 3.8) is 0 Å². The van der Waals surface area contributed by atoms with E-state index < -0.39 is 17.7 Å². The molecule has 3 rings (SSSR count). The van der Waals surface area contributed by atoms with Crippen molar-refractivity contribution in [3.05, 3.63) is 58.4 Å². The summed E-state index contributed by atoms with van der Waals surface area (Å²) in [6.07, 6.45) is 1.26. The SMILES string of the molecule is CCCc1nc(C)nc(C(=O)N2CCN(C(=O)c3cccc(F)c3)C(C)C2)c1C(=O)OCC. The highest BCUT2D eigenvalue weighted by molar-refractivity contribution is 6.04. The second-order valence-corrected chi connectivity index (χ2v) is 8.02. The molecule has 1 aromatic heterocycles. The lowest BCUT2D eigenvalue weighted by Crippen LogP contribution is -2.55. The van der Waals surface area contributed by atoms with Crippen LogP contribution in [-0.4, -0.2) is 69.8 Å². The molecule has 33 heavy (non-hydrogen) atoms. The molecule has 1 unspecified atom stereocenters. The first-order chi connectivity index (χ1) is 15.8. The van der Waals surface area contributed by atoms with Crippen LogP contribution in [0.25, 0.3) is 0 Å². The third-order valence-corrected chi connectivity index (χ3v) is 5.51. The molecule has 0 radical (unpaired) electrons. The molecule has 8 nitrogen and oxygen atoms in total. The Morgan fingerprint density at radius 1 is 1.15 bits per heavy atom. The molecule has 0 saturated carbocycles. The van der Waals surface area contributed by atoms with Gasteiger partial charge in [-0.25, -0.2) is 19.2 Å². The lowest BCUT2D eigenvalue weighted by Gasteiger charge is -2.40. The van der Waals surface area contributed by atoms with E-state index in [-0.39, 0.29) is 55.0 Å². The minimum atomic E-state index is -0.614. The summed E-state index contributed by atoms with van der Waals surface area (Å²) in [7, 11) is 0. The number of carbonyl (C=O) groups is 3. The average Bonchev–Trinajstić information content (AvgIpc) is 2.78. The Labute approximate surface area is 192 Å². The normalized spacial score (nSPS) is 16.0. The molecule has 2 aromatic rings. The van der Waals surface area contributed by atoms with E-state index in [0.29, 0.717) is 17.9 Å². The van der Waals surface area contributed by atoms with E-state index in [4.69, 9.17) is 4.74 Å². The number of aromatic nitrogens is 2. The summed E-state index contributed by atoms with van der Waals surface area (Å²) in [6.45, 7) is 8.15. The number of aryl methyl sites for hydroxylation is 2. The van der Waals surface area contributed by atoms with Gasteiger partial charge in [0.1, 0.15) is 22.9 Å². The summed E-state index contributed by atoms with van der Waals surface area (Å²) in [5.74, 6) is -1.37. The summed E-state index contributed by atoms with van der Waals surface area (Å²) in [4.78, 5) is 50.9. The topological polar surface area (TPSA) is 92.7 Å². The maximum Gasteiger partial charge on any atom is 0.342 e. The number of rotatable bonds is 6. The fourth-order valence-corrected chi connectivity index (χ4v) is 4.00. The van der Waals surface area contributed by atoms with Gasteiger partial charge in [-0.1, -0.05) is 19.4 Å². The Kier molecular flexibility index (Phi) is 7.73. The number of hydrogen-bond acceptors (Lipinski definition) is 6. The number of nitrogens with zero attached hydrogens (tertiary/aromatic N) is 4. The van der Waals surface area contributed by atoms with Gasteiger partial charge in [0, 0.05) is 31.2 Å². The van der Waals surface area contributed by atoms with Crippen molar-refractivity contribution in [2.45, 2.75) is 46.6 Å². The van der Waals surface area contributed by atoms with Gasteiger partial charge in [-0.05, 0) is 45.4 Å². The number of amides is 2.